The topological polar surface area (TPSA) is 99.0 Å². The van der Waals surface area contributed by atoms with Gasteiger partial charge in [0.2, 0.25) is 0 Å². The molecule has 1 N–H and O–H groups in total. The van der Waals surface area contributed by atoms with Crippen LogP contribution in [0.4, 0.5) is 5.69 Å². The normalized spacial score (nSPS) is 10.4. The highest BCUT2D eigenvalue weighted by Crippen LogP contribution is 2.21. The highest BCUT2D eigenvalue weighted by Gasteiger charge is 2.18. The Labute approximate surface area is 154 Å². The summed E-state index contributed by atoms with van der Waals surface area (Å²) in [7, 11) is 0. The predicted octanol–water partition coefficient (Wildman–Crippen LogP) is 2.12. The van der Waals surface area contributed by atoms with E-state index in [9.17, 15) is 9.59 Å². The minimum Gasteiger partial charge on any atom is -0.451 e. The first-order chi connectivity index (χ1) is 11.6. The Hall–Kier alpha value is -2.34. The summed E-state index contributed by atoms with van der Waals surface area (Å²) in [4.78, 5) is 24.4. The zero-order valence-electron chi connectivity index (χ0n) is 12.0. The summed E-state index contributed by atoms with van der Waals surface area (Å²) >= 11 is 3.30. The molecule has 0 fully saturated rings. The van der Waals surface area contributed by atoms with E-state index >= 15 is 0 Å². The number of benzene rings is 1. The van der Waals surface area contributed by atoms with E-state index in [1.165, 1.54) is 22.3 Å². The molecule has 0 aliphatic rings. The van der Waals surface area contributed by atoms with Gasteiger partial charge in [0.05, 0.1) is 11.4 Å². The van der Waals surface area contributed by atoms with E-state index in [2.05, 4.69) is 43.4 Å². The van der Waals surface area contributed by atoms with Gasteiger partial charge in [-0.05, 0) is 56.6 Å². The van der Waals surface area contributed by atoms with Crippen LogP contribution in [0.15, 0.2) is 42.0 Å². The van der Waals surface area contributed by atoms with Crippen LogP contribution in [-0.2, 0) is 9.53 Å². The van der Waals surface area contributed by atoms with E-state index in [4.69, 9.17) is 4.74 Å². The molecular formula is C14H10IN5O3S. The van der Waals surface area contributed by atoms with Gasteiger partial charge in [0.15, 0.2) is 6.61 Å². The lowest BCUT2D eigenvalue weighted by Crippen LogP contribution is -2.21. The number of tetrazole rings is 1. The lowest BCUT2D eigenvalue weighted by molar-refractivity contribution is -0.119. The number of carbonyl (C=O) groups excluding carboxylic acids is 2. The molecule has 10 heteroatoms. The molecule has 1 aromatic carbocycles. The number of esters is 1. The smallest absolute Gasteiger partial charge is 0.351 e. The molecule has 0 atom stereocenters. The number of nitrogens with one attached hydrogen (secondary N) is 1. The fraction of sp³-hybridized carbons (Fsp3) is 0.0714. The van der Waals surface area contributed by atoms with Gasteiger partial charge in [0.1, 0.15) is 11.2 Å². The molecule has 2 heterocycles. The van der Waals surface area contributed by atoms with Crippen molar-refractivity contribution >= 4 is 51.5 Å². The largest absolute Gasteiger partial charge is 0.451 e. The number of amides is 1. The van der Waals surface area contributed by atoms with Crippen LogP contribution in [0.25, 0.3) is 5.69 Å². The van der Waals surface area contributed by atoms with Crippen molar-refractivity contribution in [1.82, 2.24) is 20.2 Å². The van der Waals surface area contributed by atoms with Gasteiger partial charge in [-0.1, -0.05) is 12.1 Å². The molecular weight excluding hydrogens is 445 g/mol. The average molecular weight is 455 g/mol. The number of aromatic nitrogens is 4. The second-order valence-corrected chi connectivity index (χ2v) is 6.57. The molecule has 0 saturated heterocycles. The molecule has 0 spiro atoms. The molecule has 3 rings (SSSR count). The van der Waals surface area contributed by atoms with Crippen molar-refractivity contribution in [3.05, 3.63) is 50.5 Å². The number of nitrogens with zero attached hydrogens (tertiary/aromatic N) is 4. The number of hydrogen-bond acceptors (Lipinski definition) is 7. The molecule has 1 amide bonds. The van der Waals surface area contributed by atoms with Gasteiger partial charge in [-0.2, -0.15) is 4.68 Å². The van der Waals surface area contributed by atoms with Crippen molar-refractivity contribution in [2.45, 2.75) is 0 Å². The Morgan fingerprint density at radius 3 is 2.88 bits per heavy atom. The Morgan fingerprint density at radius 2 is 2.12 bits per heavy atom. The quantitative estimate of drug-likeness (QED) is 0.468. The zero-order chi connectivity index (χ0) is 16.9. The minimum atomic E-state index is -0.603. The minimum absolute atomic E-state index is 0.324. The first-order valence-corrected chi connectivity index (χ1v) is 8.63. The van der Waals surface area contributed by atoms with E-state index in [-0.39, 0.29) is 6.61 Å². The maximum atomic E-state index is 12.2. The highest BCUT2D eigenvalue weighted by atomic mass is 127. The Balaban J connectivity index is 1.61. The van der Waals surface area contributed by atoms with Crippen molar-refractivity contribution in [1.29, 1.82) is 0 Å². The molecule has 0 saturated carbocycles. The summed E-state index contributed by atoms with van der Waals surface area (Å²) in [6.07, 6.45) is 1.38. The van der Waals surface area contributed by atoms with Crippen molar-refractivity contribution in [2.75, 3.05) is 11.9 Å². The zero-order valence-corrected chi connectivity index (χ0v) is 15.0. The SMILES string of the molecule is O=C(COC(=O)c1sccc1-n1cnnn1)Nc1ccccc1I. The second-order valence-electron chi connectivity index (χ2n) is 4.49. The number of hydrogen-bond donors (Lipinski definition) is 1. The lowest BCUT2D eigenvalue weighted by atomic mass is 10.3. The van der Waals surface area contributed by atoms with Crippen LogP contribution in [0.2, 0.25) is 0 Å². The van der Waals surface area contributed by atoms with Gasteiger partial charge < -0.3 is 10.1 Å². The third-order valence-electron chi connectivity index (χ3n) is 2.91. The number of rotatable bonds is 5. The van der Waals surface area contributed by atoms with E-state index in [0.29, 0.717) is 16.3 Å². The number of thiophene rings is 1. The van der Waals surface area contributed by atoms with Crippen LogP contribution in [0, 0.1) is 3.57 Å². The van der Waals surface area contributed by atoms with Crippen LogP contribution < -0.4 is 5.32 Å². The van der Waals surface area contributed by atoms with Gasteiger partial charge >= 0.3 is 5.97 Å². The number of para-hydroxylation sites is 1. The standard InChI is InChI=1S/C14H10IN5O3S/c15-9-3-1-2-4-10(9)17-12(21)7-23-14(22)13-11(5-6-24-13)20-8-16-18-19-20/h1-6,8H,7H2,(H,17,21). The molecule has 2 aromatic heterocycles. The van der Waals surface area contributed by atoms with Crippen LogP contribution >= 0.6 is 33.9 Å². The third-order valence-corrected chi connectivity index (χ3v) is 4.73. The fourth-order valence-electron chi connectivity index (χ4n) is 1.85. The number of carbonyl (C=O) groups is 2. The van der Waals surface area contributed by atoms with E-state index < -0.39 is 11.9 Å². The highest BCUT2D eigenvalue weighted by molar-refractivity contribution is 14.1. The molecule has 0 unspecified atom stereocenters. The molecule has 24 heavy (non-hydrogen) atoms. The maximum absolute atomic E-state index is 12.2. The molecule has 0 bridgehead atoms. The van der Waals surface area contributed by atoms with E-state index in [1.807, 2.05) is 18.2 Å². The van der Waals surface area contributed by atoms with Crippen molar-refractivity contribution in [3.63, 3.8) is 0 Å². The first kappa shape index (κ1) is 16.5. The van der Waals surface area contributed by atoms with E-state index in [1.54, 1.807) is 17.5 Å². The van der Waals surface area contributed by atoms with Crippen LogP contribution in [0.5, 0.6) is 0 Å². The van der Waals surface area contributed by atoms with Crippen molar-refractivity contribution in [3.8, 4) is 5.69 Å². The third kappa shape index (κ3) is 3.76. The molecule has 0 aliphatic heterocycles. The summed E-state index contributed by atoms with van der Waals surface area (Å²) in [5.41, 5.74) is 1.18. The molecule has 122 valence electrons. The summed E-state index contributed by atoms with van der Waals surface area (Å²) in [5.74, 6) is -1.01. The predicted molar refractivity (Wildman–Crippen MR) is 95.1 cm³/mol. The van der Waals surface area contributed by atoms with Gasteiger partial charge in [-0.3, -0.25) is 4.79 Å². The second kappa shape index (κ2) is 7.49. The molecule has 0 aliphatic carbocycles. The summed E-state index contributed by atoms with van der Waals surface area (Å²) in [6.45, 7) is -0.378. The molecule has 3 aromatic rings. The first-order valence-electron chi connectivity index (χ1n) is 6.67. The fourth-order valence-corrected chi connectivity index (χ4v) is 3.15. The monoisotopic (exact) mass is 455 g/mol. The molecule has 8 nitrogen and oxygen atoms in total. The van der Waals surface area contributed by atoms with Gasteiger partial charge in [0.25, 0.3) is 5.91 Å². The summed E-state index contributed by atoms with van der Waals surface area (Å²) in [5, 5.41) is 15.2. The Morgan fingerprint density at radius 1 is 1.29 bits per heavy atom. The summed E-state index contributed by atoms with van der Waals surface area (Å²) < 4.78 is 7.33. The Bertz CT molecular complexity index is 865. The summed E-state index contributed by atoms with van der Waals surface area (Å²) in [6, 6.07) is 9.02. The average Bonchev–Trinajstić information content (AvgIpc) is 3.25. The van der Waals surface area contributed by atoms with E-state index in [0.717, 1.165) is 3.57 Å². The Kier molecular flexibility index (Phi) is 5.15. The van der Waals surface area contributed by atoms with Crippen LogP contribution in [0.3, 0.4) is 0 Å². The molecule has 0 radical (unpaired) electrons. The van der Waals surface area contributed by atoms with Gasteiger partial charge in [-0.15, -0.1) is 16.4 Å². The number of ether oxygens (including phenoxy) is 1. The number of anilines is 1. The lowest BCUT2D eigenvalue weighted by Gasteiger charge is -2.08. The maximum Gasteiger partial charge on any atom is 0.351 e. The van der Waals surface area contributed by atoms with Crippen LogP contribution in [0.1, 0.15) is 9.67 Å². The van der Waals surface area contributed by atoms with Crippen molar-refractivity contribution in [2.24, 2.45) is 0 Å². The van der Waals surface area contributed by atoms with Crippen LogP contribution in [-0.4, -0.2) is 38.7 Å². The van der Waals surface area contributed by atoms with Gasteiger partial charge in [-0.25, -0.2) is 4.79 Å². The van der Waals surface area contributed by atoms with Crippen molar-refractivity contribution < 1.29 is 14.3 Å². The number of halogens is 1. The van der Waals surface area contributed by atoms with Gasteiger partial charge in [0, 0.05) is 3.57 Å².